The van der Waals surface area contributed by atoms with Crippen LogP contribution in [0.5, 0.6) is 0 Å². The average Bonchev–Trinajstić information content (AvgIpc) is 2.75. The minimum atomic E-state index is -1.70. The van der Waals surface area contributed by atoms with Gasteiger partial charge < -0.3 is 0 Å². The van der Waals surface area contributed by atoms with E-state index in [9.17, 15) is 0 Å². The smallest absolute Gasteiger partial charge is 0.145 e. The lowest BCUT2D eigenvalue weighted by Crippen LogP contribution is -2.43. The molecule has 3 aromatic rings. The quantitative estimate of drug-likeness (QED) is 0.220. The minimum Gasteiger partial charge on any atom is -0.256 e. The topological polar surface area (TPSA) is 12.9 Å². The van der Waals surface area contributed by atoms with Gasteiger partial charge in [0.2, 0.25) is 0 Å². The molecule has 0 N–H and O–H groups in total. The van der Waals surface area contributed by atoms with Crippen LogP contribution >= 0.6 is 0 Å². The van der Waals surface area contributed by atoms with Crippen LogP contribution in [0.15, 0.2) is 60.8 Å². The molecular formula is C29H35NSi. The molecule has 2 heteroatoms. The molecule has 0 aliphatic rings. The normalized spacial score (nSPS) is 12.2. The van der Waals surface area contributed by atoms with Gasteiger partial charge in [0.05, 0.1) is 5.52 Å². The van der Waals surface area contributed by atoms with E-state index < -0.39 is 8.07 Å². The summed E-state index contributed by atoms with van der Waals surface area (Å²) in [5, 5.41) is 1.19. The van der Waals surface area contributed by atoms with E-state index in [0.29, 0.717) is 16.6 Å². The highest BCUT2D eigenvalue weighted by atomic mass is 28.3. The summed E-state index contributed by atoms with van der Waals surface area (Å²) in [6, 6.07) is 19.0. The van der Waals surface area contributed by atoms with Crippen LogP contribution in [0.2, 0.25) is 16.6 Å². The summed E-state index contributed by atoms with van der Waals surface area (Å²) in [7, 11) is -1.70. The predicted octanol–water partition coefficient (Wildman–Crippen LogP) is 8.17. The van der Waals surface area contributed by atoms with E-state index in [1.807, 2.05) is 18.3 Å². The van der Waals surface area contributed by atoms with Gasteiger partial charge in [-0.2, -0.15) is 0 Å². The molecule has 0 saturated carbocycles. The first-order chi connectivity index (χ1) is 14.9. The van der Waals surface area contributed by atoms with Crippen LogP contribution in [-0.2, 0) is 6.42 Å². The van der Waals surface area contributed by atoms with E-state index in [2.05, 4.69) is 108 Å². The molecule has 0 bridgehead atoms. The van der Waals surface area contributed by atoms with Crippen molar-refractivity contribution in [2.45, 2.75) is 64.6 Å². The van der Waals surface area contributed by atoms with Gasteiger partial charge in [-0.05, 0) is 39.4 Å². The lowest BCUT2D eigenvalue weighted by molar-refractivity contribution is 0.838. The van der Waals surface area contributed by atoms with E-state index in [1.54, 1.807) is 0 Å². The van der Waals surface area contributed by atoms with Gasteiger partial charge in [-0.25, -0.2) is 0 Å². The molecule has 31 heavy (non-hydrogen) atoms. The zero-order valence-electron chi connectivity index (χ0n) is 19.8. The van der Waals surface area contributed by atoms with Gasteiger partial charge in [0.25, 0.3) is 0 Å². The van der Waals surface area contributed by atoms with Crippen molar-refractivity contribution in [2.24, 2.45) is 0 Å². The standard InChI is InChI=1S/C29H35NSi/c1-22(2)31(23(3)4,24(5)6)21-11-14-27-19-18-26(28-15-10-20-30-29(27)28)17-16-25-12-8-7-9-13-25/h7-10,12-13,15-20,22-24H,14H2,1-6H3/b17-16+. The molecule has 0 spiro atoms. The fourth-order valence-corrected chi connectivity index (χ4v) is 10.3. The number of rotatable bonds is 6. The number of fused-ring (bicyclic) bond motifs is 1. The first-order valence-electron chi connectivity index (χ1n) is 11.5. The molecule has 0 amide bonds. The Morgan fingerprint density at radius 1 is 0.806 bits per heavy atom. The van der Waals surface area contributed by atoms with Crippen molar-refractivity contribution in [3.05, 3.63) is 77.5 Å². The van der Waals surface area contributed by atoms with Crippen LogP contribution in [0, 0.1) is 11.5 Å². The van der Waals surface area contributed by atoms with E-state index >= 15 is 0 Å². The fraction of sp³-hybridized carbons (Fsp3) is 0.345. The summed E-state index contributed by atoms with van der Waals surface area (Å²) in [4.78, 5) is 4.73. The molecule has 0 saturated heterocycles. The van der Waals surface area contributed by atoms with Crippen molar-refractivity contribution >= 4 is 31.1 Å². The molecular weight excluding hydrogens is 390 g/mol. The molecule has 2 aromatic carbocycles. The second-order valence-corrected chi connectivity index (χ2v) is 14.9. The predicted molar refractivity (Wildman–Crippen MR) is 140 cm³/mol. The number of hydrogen-bond donors (Lipinski definition) is 0. The summed E-state index contributed by atoms with van der Waals surface area (Å²) in [5.74, 6) is 3.61. The molecule has 3 rings (SSSR count). The van der Waals surface area contributed by atoms with E-state index in [4.69, 9.17) is 4.98 Å². The van der Waals surface area contributed by atoms with Gasteiger partial charge in [-0.15, -0.1) is 11.5 Å². The van der Waals surface area contributed by atoms with Crippen LogP contribution in [0.4, 0.5) is 0 Å². The number of benzene rings is 2. The van der Waals surface area contributed by atoms with Gasteiger partial charge in [0, 0.05) is 18.0 Å². The highest BCUT2D eigenvalue weighted by Gasteiger charge is 2.41. The molecule has 1 heterocycles. The lowest BCUT2D eigenvalue weighted by Gasteiger charge is -2.38. The van der Waals surface area contributed by atoms with E-state index in [-0.39, 0.29) is 0 Å². The van der Waals surface area contributed by atoms with Gasteiger partial charge in [-0.1, -0.05) is 102 Å². The minimum absolute atomic E-state index is 0.653. The Bertz CT molecular complexity index is 1080. The number of pyridine rings is 1. The van der Waals surface area contributed by atoms with Gasteiger partial charge in [-0.3, -0.25) is 4.98 Å². The summed E-state index contributed by atoms with van der Waals surface area (Å²) in [6.07, 6.45) is 6.99. The van der Waals surface area contributed by atoms with Crippen LogP contribution in [0.1, 0.15) is 58.2 Å². The number of aromatic nitrogens is 1. The van der Waals surface area contributed by atoms with Crippen molar-refractivity contribution in [2.75, 3.05) is 0 Å². The Labute approximate surface area is 189 Å². The van der Waals surface area contributed by atoms with Crippen molar-refractivity contribution < 1.29 is 0 Å². The zero-order chi connectivity index (χ0) is 22.4. The summed E-state index contributed by atoms with van der Waals surface area (Å²) in [5.41, 5.74) is 10.5. The van der Waals surface area contributed by atoms with Gasteiger partial charge in [0.15, 0.2) is 0 Å². The fourth-order valence-electron chi connectivity index (χ4n) is 5.02. The van der Waals surface area contributed by atoms with Crippen molar-refractivity contribution in [1.29, 1.82) is 0 Å². The molecule has 0 aliphatic carbocycles. The average molecular weight is 426 g/mol. The summed E-state index contributed by atoms with van der Waals surface area (Å²) < 4.78 is 0. The maximum absolute atomic E-state index is 4.73. The highest BCUT2D eigenvalue weighted by molar-refractivity contribution is 6.90. The SMILES string of the molecule is CC(C)[Si](C#CCc1ccc(/C=C/c2ccccc2)c2cccnc12)(C(C)C)C(C)C. The van der Waals surface area contributed by atoms with Crippen LogP contribution in [-0.4, -0.2) is 13.1 Å². The summed E-state index contributed by atoms with van der Waals surface area (Å²) in [6.45, 7) is 14.2. The highest BCUT2D eigenvalue weighted by Crippen LogP contribution is 2.40. The molecule has 0 unspecified atom stereocenters. The van der Waals surface area contributed by atoms with Gasteiger partial charge >= 0.3 is 0 Å². The Morgan fingerprint density at radius 2 is 1.48 bits per heavy atom. The van der Waals surface area contributed by atoms with E-state index in [0.717, 1.165) is 11.9 Å². The van der Waals surface area contributed by atoms with Gasteiger partial charge in [0.1, 0.15) is 8.07 Å². The second-order valence-electron chi connectivity index (χ2n) is 9.33. The van der Waals surface area contributed by atoms with Crippen LogP contribution < -0.4 is 0 Å². The third kappa shape index (κ3) is 5.00. The van der Waals surface area contributed by atoms with Crippen LogP contribution in [0.3, 0.4) is 0 Å². The van der Waals surface area contributed by atoms with Crippen molar-refractivity contribution in [3.63, 3.8) is 0 Å². The lowest BCUT2D eigenvalue weighted by atomic mass is 10.0. The first-order valence-corrected chi connectivity index (χ1v) is 13.7. The van der Waals surface area contributed by atoms with E-state index in [1.165, 1.54) is 22.1 Å². The van der Waals surface area contributed by atoms with Crippen LogP contribution in [0.25, 0.3) is 23.1 Å². The van der Waals surface area contributed by atoms with Crippen molar-refractivity contribution in [3.8, 4) is 11.5 Å². The Balaban J connectivity index is 1.95. The first kappa shape index (κ1) is 23.0. The molecule has 0 fully saturated rings. The molecule has 1 nitrogen and oxygen atoms in total. The maximum Gasteiger partial charge on any atom is 0.145 e. The Kier molecular flexibility index (Phi) is 7.52. The zero-order valence-corrected chi connectivity index (χ0v) is 20.8. The third-order valence-corrected chi connectivity index (χ3v) is 12.9. The number of nitrogens with zero attached hydrogens (tertiary/aromatic N) is 1. The molecule has 0 atom stereocenters. The molecule has 160 valence electrons. The maximum atomic E-state index is 4.73. The summed E-state index contributed by atoms with van der Waals surface area (Å²) >= 11 is 0. The largest absolute Gasteiger partial charge is 0.256 e. The third-order valence-electron chi connectivity index (χ3n) is 6.59. The monoisotopic (exact) mass is 425 g/mol. The molecule has 0 aliphatic heterocycles. The molecule has 1 aromatic heterocycles. The second kappa shape index (κ2) is 10.1. The number of hydrogen-bond acceptors (Lipinski definition) is 1. The van der Waals surface area contributed by atoms with Crippen molar-refractivity contribution in [1.82, 2.24) is 4.98 Å². The Morgan fingerprint density at radius 3 is 2.13 bits per heavy atom. The Hall–Kier alpha value is -2.63. The molecule has 0 radical (unpaired) electrons.